The second-order valence-electron chi connectivity index (χ2n) is 10.7. The van der Waals surface area contributed by atoms with Crippen LogP contribution in [0.1, 0.15) is 25.6 Å². The molecule has 2 aromatic rings. The molecule has 0 atom stereocenters. The molecule has 1 aliphatic heterocycles. The van der Waals surface area contributed by atoms with Crippen LogP contribution in [-0.4, -0.2) is 121 Å². The lowest BCUT2D eigenvalue weighted by Crippen LogP contribution is -2.53. The van der Waals surface area contributed by atoms with E-state index in [2.05, 4.69) is 9.71 Å². The molecule has 0 aromatic carbocycles. The molecule has 16 heteroatoms. The number of sulfonamides is 1. The molecular formula is C24H36F2N9O3S2+. The minimum absolute atomic E-state index is 0.00383. The van der Waals surface area contributed by atoms with Gasteiger partial charge in [-0.15, -0.1) is 0 Å². The highest BCUT2D eigenvalue weighted by Crippen LogP contribution is 2.37. The molecule has 2 aliphatic rings. The largest absolute Gasteiger partial charge is 0.366 e. The third-order valence-electron chi connectivity index (χ3n) is 7.02. The number of anilines is 1. The Morgan fingerprint density at radius 1 is 1.23 bits per heavy atom. The molecule has 220 valence electrons. The Bertz CT molecular complexity index is 1400. The summed E-state index contributed by atoms with van der Waals surface area (Å²) >= 11 is 0.381. The second kappa shape index (κ2) is 11.6. The number of carbonyl (C=O) groups is 1. The number of alkyl halides is 2. The van der Waals surface area contributed by atoms with Gasteiger partial charge in [0.2, 0.25) is 10.0 Å². The minimum atomic E-state index is -3.94. The molecule has 4 rings (SSSR count). The van der Waals surface area contributed by atoms with Crippen LogP contribution < -0.4 is 15.0 Å². The number of aromatic nitrogens is 2. The first-order valence-electron chi connectivity index (χ1n) is 12.8. The molecule has 1 saturated carbocycles. The van der Waals surface area contributed by atoms with Gasteiger partial charge in [-0.25, -0.2) is 28.3 Å². The van der Waals surface area contributed by atoms with Crippen molar-refractivity contribution in [2.45, 2.75) is 36.6 Å². The number of piperazine rings is 1. The van der Waals surface area contributed by atoms with Gasteiger partial charge < -0.3 is 19.6 Å². The fraction of sp³-hybridized carbons (Fsp3) is 0.583. The molecule has 2 aromatic heterocycles. The van der Waals surface area contributed by atoms with E-state index in [9.17, 15) is 22.0 Å². The molecule has 0 radical (unpaired) electrons. The molecule has 12 nitrogen and oxygen atoms in total. The maximum Gasteiger partial charge on any atom is 0.327 e. The van der Waals surface area contributed by atoms with Crippen LogP contribution in [0, 0.1) is 5.41 Å². The smallest absolute Gasteiger partial charge is 0.327 e. The third-order valence-corrected chi connectivity index (χ3v) is 9.43. The van der Waals surface area contributed by atoms with Gasteiger partial charge in [-0.05, 0) is 39.9 Å². The van der Waals surface area contributed by atoms with E-state index < -0.39 is 27.0 Å². The van der Waals surface area contributed by atoms with Gasteiger partial charge in [0.05, 0.1) is 17.4 Å². The highest BCUT2D eigenvalue weighted by atomic mass is 32.2. The molecule has 2 amide bonds. The number of hydrogen-bond donors (Lipinski definition) is 3. The lowest BCUT2D eigenvalue weighted by atomic mass is 10.2. The molecule has 1 aliphatic carbocycles. The SMILES string of the molecule is CN(C)CCN(C)C(=O)N1CCN(c2cc(S(=O)(=O)NC3(C)CC3)cn3c(C(=N)SC(=[NH2+])C(F)F)ncc23)CC1. The molecule has 0 bridgehead atoms. The first-order chi connectivity index (χ1) is 18.7. The Labute approximate surface area is 236 Å². The molecular weight excluding hydrogens is 564 g/mol. The number of nitrogens with zero attached hydrogens (tertiary/aromatic N) is 6. The maximum absolute atomic E-state index is 13.4. The summed E-state index contributed by atoms with van der Waals surface area (Å²) in [6.45, 7) is 4.90. The predicted octanol–water partition coefficient (Wildman–Crippen LogP) is 0.382. The molecule has 1 saturated heterocycles. The number of nitrogens with one attached hydrogen (secondary N) is 2. The summed E-state index contributed by atoms with van der Waals surface area (Å²) in [4.78, 5) is 24.6. The highest BCUT2D eigenvalue weighted by molar-refractivity contribution is 8.26. The molecule has 3 heterocycles. The van der Waals surface area contributed by atoms with Crippen molar-refractivity contribution >= 4 is 49.1 Å². The number of amides is 2. The summed E-state index contributed by atoms with van der Waals surface area (Å²) in [6.07, 6.45) is 1.35. The molecule has 0 spiro atoms. The number of carbonyl (C=O) groups excluding carboxylic acids is 1. The highest BCUT2D eigenvalue weighted by Gasteiger charge is 2.41. The average Bonchev–Trinajstić information content (AvgIpc) is 3.44. The summed E-state index contributed by atoms with van der Waals surface area (Å²) in [5.74, 6) is -0.00383. The van der Waals surface area contributed by atoms with Gasteiger partial charge in [0.15, 0.2) is 5.82 Å². The van der Waals surface area contributed by atoms with E-state index in [0.29, 0.717) is 55.7 Å². The number of thioether (sulfide) groups is 1. The third kappa shape index (κ3) is 6.72. The zero-order chi connectivity index (χ0) is 29.4. The number of hydrogen-bond acceptors (Lipinski definition) is 8. The predicted molar refractivity (Wildman–Crippen MR) is 151 cm³/mol. The van der Waals surface area contributed by atoms with E-state index in [1.54, 1.807) is 22.9 Å². The fourth-order valence-electron chi connectivity index (χ4n) is 4.33. The number of urea groups is 1. The van der Waals surface area contributed by atoms with Crippen LogP contribution >= 0.6 is 11.8 Å². The summed E-state index contributed by atoms with van der Waals surface area (Å²) in [5, 5.41) is 12.6. The Kier molecular flexibility index (Phi) is 8.73. The van der Waals surface area contributed by atoms with E-state index in [1.807, 2.05) is 30.8 Å². The van der Waals surface area contributed by atoms with E-state index in [0.717, 1.165) is 19.4 Å². The van der Waals surface area contributed by atoms with Crippen LogP contribution in [0.25, 0.3) is 5.52 Å². The quantitative estimate of drug-likeness (QED) is 0.279. The van der Waals surface area contributed by atoms with Crippen molar-refractivity contribution in [2.24, 2.45) is 0 Å². The Balaban J connectivity index is 1.64. The van der Waals surface area contributed by atoms with Gasteiger partial charge in [-0.1, -0.05) is 0 Å². The Hall–Kier alpha value is -2.82. The van der Waals surface area contributed by atoms with E-state index in [1.165, 1.54) is 16.8 Å². The number of rotatable bonds is 9. The van der Waals surface area contributed by atoms with Gasteiger partial charge >= 0.3 is 12.5 Å². The van der Waals surface area contributed by atoms with Crippen molar-refractivity contribution in [2.75, 3.05) is 65.3 Å². The van der Waals surface area contributed by atoms with Crippen LogP contribution in [0.5, 0.6) is 0 Å². The van der Waals surface area contributed by atoms with Crippen LogP contribution in [0.15, 0.2) is 23.4 Å². The number of pyridine rings is 1. The van der Waals surface area contributed by atoms with Crippen LogP contribution in [0.4, 0.5) is 19.3 Å². The molecule has 0 unspecified atom stereocenters. The minimum Gasteiger partial charge on any atom is -0.366 e. The number of likely N-dealkylation sites (N-methyl/N-ethyl adjacent to an activating group) is 2. The van der Waals surface area contributed by atoms with Gasteiger partial charge in [-0.2, -0.15) is 8.78 Å². The molecule has 2 fully saturated rings. The lowest BCUT2D eigenvalue weighted by Gasteiger charge is -2.38. The van der Waals surface area contributed by atoms with Crippen molar-refractivity contribution < 1.29 is 27.4 Å². The first kappa shape index (κ1) is 30.1. The van der Waals surface area contributed by atoms with E-state index in [4.69, 9.17) is 10.8 Å². The molecule has 40 heavy (non-hydrogen) atoms. The van der Waals surface area contributed by atoms with Crippen LogP contribution in [0.3, 0.4) is 0 Å². The normalized spacial score (nSPS) is 17.1. The van der Waals surface area contributed by atoms with Crippen LogP contribution in [-0.2, 0) is 10.0 Å². The monoisotopic (exact) mass is 600 g/mol. The fourth-order valence-corrected chi connectivity index (χ4v) is 6.38. The number of imidazole rings is 1. The maximum atomic E-state index is 13.4. The van der Waals surface area contributed by atoms with Crippen molar-refractivity contribution in [1.29, 1.82) is 5.41 Å². The van der Waals surface area contributed by atoms with Crippen molar-refractivity contribution in [3.8, 4) is 0 Å². The zero-order valence-corrected chi connectivity index (χ0v) is 24.7. The summed E-state index contributed by atoms with van der Waals surface area (Å²) in [6, 6.07) is 1.49. The van der Waals surface area contributed by atoms with Gasteiger partial charge in [0.25, 0.3) is 5.04 Å². The number of nitrogens with two attached hydrogens (primary N) is 1. The van der Waals surface area contributed by atoms with Gasteiger partial charge in [0, 0.05) is 69.8 Å². The lowest BCUT2D eigenvalue weighted by molar-refractivity contribution is -0.120. The molecule has 4 N–H and O–H groups in total. The topological polar surface area (TPSA) is 143 Å². The first-order valence-corrected chi connectivity index (χ1v) is 15.1. The van der Waals surface area contributed by atoms with E-state index >= 15 is 0 Å². The van der Waals surface area contributed by atoms with E-state index in [-0.39, 0.29) is 21.8 Å². The Morgan fingerprint density at radius 2 is 1.88 bits per heavy atom. The van der Waals surface area contributed by atoms with Gasteiger partial charge in [-0.3, -0.25) is 9.81 Å². The second-order valence-corrected chi connectivity index (χ2v) is 13.4. The van der Waals surface area contributed by atoms with Crippen molar-refractivity contribution in [3.05, 3.63) is 24.3 Å². The summed E-state index contributed by atoms with van der Waals surface area (Å²) in [5.41, 5.74) is 0.550. The Morgan fingerprint density at radius 3 is 2.45 bits per heavy atom. The number of fused-ring (bicyclic) bond motifs is 1. The van der Waals surface area contributed by atoms with Crippen LogP contribution in [0.2, 0.25) is 0 Å². The van der Waals surface area contributed by atoms with Crippen molar-refractivity contribution in [1.82, 2.24) is 28.8 Å². The van der Waals surface area contributed by atoms with Crippen molar-refractivity contribution in [3.63, 3.8) is 0 Å². The van der Waals surface area contributed by atoms with Gasteiger partial charge in [0.1, 0.15) is 9.94 Å². The standard InChI is InChI=1S/C24H35F2N9O3S2/c1-24(5-6-24)30-40(37,38)16-13-17(18-14-29-22(35(18)15-16)21(28)39-20(27)19(25)26)33-9-11-34(12-10-33)23(36)32(4)8-7-31(2)3/h13-15,19,27-28,30H,5-12H2,1-4H3/p+1. The summed E-state index contributed by atoms with van der Waals surface area (Å²) < 4.78 is 56.9. The zero-order valence-electron chi connectivity index (χ0n) is 23.0. The average molecular weight is 601 g/mol. The number of halogens is 2. The summed E-state index contributed by atoms with van der Waals surface area (Å²) in [7, 11) is 1.72.